The fraction of sp³-hybridized carbons (Fsp3) is 0.455. The topological polar surface area (TPSA) is 20.2 Å². The van der Waals surface area contributed by atoms with E-state index in [9.17, 15) is 18.3 Å². The molecule has 1 aromatic rings. The monoisotopic (exact) mass is 216 g/mol. The molecule has 82 valence electrons. The SMILES string of the molecule is OC1(Cc2ccc(C(F)(F)F)cc2)CC1. The minimum atomic E-state index is -4.28. The Morgan fingerprint density at radius 1 is 1.13 bits per heavy atom. The van der Waals surface area contributed by atoms with E-state index in [0.29, 0.717) is 6.42 Å². The first-order valence-corrected chi connectivity index (χ1v) is 4.78. The Bertz CT molecular complexity index is 349. The fourth-order valence-corrected chi connectivity index (χ4v) is 1.51. The molecule has 0 saturated heterocycles. The van der Waals surface area contributed by atoms with E-state index in [1.165, 1.54) is 12.1 Å². The Balaban J connectivity index is 2.10. The molecule has 15 heavy (non-hydrogen) atoms. The van der Waals surface area contributed by atoms with Crippen LogP contribution in [-0.4, -0.2) is 10.7 Å². The van der Waals surface area contributed by atoms with Gasteiger partial charge >= 0.3 is 6.18 Å². The molecule has 0 aromatic heterocycles. The second-order valence-electron chi connectivity index (χ2n) is 4.10. The summed E-state index contributed by atoms with van der Waals surface area (Å²) in [5, 5.41) is 9.59. The van der Waals surface area contributed by atoms with Gasteiger partial charge in [-0.2, -0.15) is 13.2 Å². The zero-order valence-corrected chi connectivity index (χ0v) is 8.01. The van der Waals surface area contributed by atoms with Crippen LogP contribution in [0.2, 0.25) is 0 Å². The molecule has 1 fully saturated rings. The van der Waals surface area contributed by atoms with E-state index in [2.05, 4.69) is 0 Å². The van der Waals surface area contributed by atoms with Crippen LogP contribution in [-0.2, 0) is 12.6 Å². The summed E-state index contributed by atoms with van der Waals surface area (Å²) < 4.78 is 36.7. The summed E-state index contributed by atoms with van der Waals surface area (Å²) in [5.41, 5.74) is -0.545. The van der Waals surface area contributed by atoms with Crippen molar-refractivity contribution in [3.8, 4) is 0 Å². The molecule has 1 aromatic carbocycles. The minimum Gasteiger partial charge on any atom is -0.390 e. The summed E-state index contributed by atoms with van der Waals surface area (Å²) in [6.07, 6.45) is -2.35. The first kappa shape index (κ1) is 10.5. The van der Waals surface area contributed by atoms with Crippen molar-refractivity contribution in [2.75, 3.05) is 0 Å². The van der Waals surface area contributed by atoms with Gasteiger partial charge in [-0.05, 0) is 30.5 Å². The largest absolute Gasteiger partial charge is 0.416 e. The Hall–Kier alpha value is -1.03. The van der Waals surface area contributed by atoms with Crippen LogP contribution in [0.15, 0.2) is 24.3 Å². The van der Waals surface area contributed by atoms with Crippen LogP contribution in [0.1, 0.15) is 24.0 Å². The maximum absolute atomic E-state index is 12.2. The molecule has 1 aliphatic rings. The van der Waals surface area contributed by atoms with Crippen LogP contribution in [0.5, 0.6) is 0 Å². The molecule has 0 spiro atoms. The van der Waals surface area contributed by atoms with E-state index < -0.39 is 17.3 Å². The number of alkyl halides is 3. The summed E-state index contributed by atoms with van der Waals surface area (Å²) in [6, 6.07) is 4.97. The number of aliphatic hydroxyl groups is 1. The molecule has 0 unspecified atom stereocenters. The van der Waals surface area contributed by atoms with E-state index >= 15 is 0 Å². The fourth-order valence-electron chi connectivity index (χ4n) is 1.51. The van der Waals surface area contributed by atoms with Crippen LogP contribution >= 0.6 is 0 Å². The summed E-state index contributed by atoms with van der Waals surface area (Å²) in [4.78, 5) is 0. The quantitative estimate of drug-likeness (QED) is 0.805. The maximum Gasteiger partial charge on any atom is 0.416 e. The van der Waals surface area contributed by atoms with Crippen molar-refractivity contribution in [1.82, 2.24) is 0 Å². The van der Waals surface area contributed by atoms with Gasteiger partial charge in [-0.25, -0.2) is 0 Å². The lowest BCUT2D eigenvalue weighted by atomic mass is 10.0. The second-order valence-corrected chi connectivity index (χ2v) is 4.10. The molecule has 1 nitrogen and oxygen atoms in total. The van der Waals surface area contributed by atoms with Gasteiger partial charge in [0.05, 0.1) is 11.2 Å². The molecule has 0 heterocycles. The number of hydrogen-bond donors (Lipinski definition) is 1. The van der Waals surface area contributed by atoms with Crippen LogP contribution < -0.4 is 0 Å². The highest BCUT2D eigenvalue weighted by molar-refractivity contribution is 5.26. The predicted molar refractivity (Wildman–Crippen MR) is 49.3 cm³/mol. The van der Waals surface area contributed by atoms with Crippen LogP contribution in [0.25, 0.3) is 0 Å². The molecular formula is C11H11F3O. The van der Waals surface area contributed by atoms with Crippen molar-refractivity contribution in [3.05, 3.63) is 35.4 Å². The average Bonchev–Trinajstić information content (AvgIpc) is 2.82. The maximum atomic E-state index is 12.2. The molecule has 0 atom stereocenters. The van der Waals surface area contributed by atoms with Gasteiger partial charge in [-0.15, -0.1) is 0 Å². The highest BCUT2D eigenvalue weighted by Crippen LogP contribution is 2.38. The standard InChI is InChI=1S/C11H11F3O/c12-11(13,14)9-3-1-8(2-4-9)7-10(15)5-6-10/h1-4,15H,5-7H2. The lowest BCUT2D eigenvalue weighted by molar-refractivity contribution is -0.137. The van der Waals surface area contributed by atoms with Crippen LogP contribution in [0, 0.1) is 0 Å². The first-order valence-electron chi connectivity index (χ1n) is 4.78. The third kappa shape index (κ3) is 2.50. The number of hydrogen-bond acceptors (Lipinski definition) is 1. The normalized spacial score (nSPS) is 18.9. The molecule has 0 radical (unpaired) electrons. The van der Waals surface area contributed by atoms with Gasteiger partial charge in [0.1, 0.15) is 0 Å². The number of rotatable bonds is 2. The summed E-state index contributed by atoms with van der Waals surface area (Å²) >= 11 is 0. The van der Waals surface area contributed by atoms with Gasteiger partial charge in [0, 0.05) is 6.42 Å². The lowest BCUT2D eigenvalue weighted by Crippen LogP contribution is -2.11. The summed E-state index contributed by atoms with van der Waals surface area (Å²) in [5.74, 6) is 0. The highest BCUT2D eigenvalue weighted by atomic mass is 19.4. The molecule has 4 heteroatoms. The van der Waals surface area contributed by atoms with Crippen molar-refractivity contribution in [2.45, 2.75) is 31.0 Å². The van der Waals surface area contributed by atoms with Crippen molar-refractivity contribution in [3.63, 3.8) is 0 Å². The van der Waals surface area contributed by atoms with Crippen molar-refractivity contribution in [1.29, 1.82) is 0 Å². The Kier molecular flexibility index (Phi) is 2.26. The lowest BCUT2D eigenvalue weighted by Gasteiger charge is -2.09. The van der Waals surface area contributed by atoms with Crippen LogP contribution in [0.3, 0.4) is 0 Å². The average molecular weight is 216 g/mol. The molecular weight excluding hydrogens is 205 g/mol. The van der Waals surface area contributed by atoms with Gasteiger partial charge in [0.15, 0.2) is 0 Å². The molecule has 1 N–H and O–H groups in total. The third-order valence-electron chi connectivity index (χ3n) is 2.64. The molecule has 1 saturated carbocycles. The van der Waals surface area contributed by atoms with Crippen LogP contribution in [0.4, 0.5) is 13.2 Å². The molecule has 0 amide bonds. The first-order chi connectivity index (χ1) is 6.89. The Labute approximate surface area is 85.5 Å². The molecule has 1 aliphatic carbocycles. The van der Waals surface area contributed by atoms with E-state index in [1.54, 1.807) is 0 Å². The predicted octanol–water partition coefficient (Wildman–Crippen LogP) is 2.77. The van der Waals surface area contributed by atoms with E-state index in [1.807, 2.05) is 0 Å². The second kappa shape index (κ2) is 3.23. The van der Waals surface area contributed by atoms with Gasteiger partial charge < -0.3 is 5.11 Å². The zero-order chi connectivity index (χ0) is 11.1. The van der Waals surface area contributed by atoms with E-state index in [0.717, 1.165) is 30.5 Å². The third-order valence-corrected chi connectivity index (χ3v) is 2.64. The summed E-state index contributed by atoms with van der Waals surface area (Å²) in [6.45, 7) is 0. The van der Waals surface area contributed by atoms with E-state index in [4.69, 9.17) is 0 Å². The van der Waals surface area contributed by atoms with Crippen molar-refractivity contribution >= 4 is 0 Å². The zero-order valence-electron chi connectivity index (χ0n) is 8.01. The van der Waals surface area contributed by atoms with Gasteiger partial charge in [-0.1, -0.05) is 12.1 Å². The Morgan fingerprint density at radius 3 is 2.07 bits per heavy atom. The molecule has 0 aliphatic heterocycles. The molecule has 0 bridgehead atoms. The minimum absolute atomic E-state index is 0.450. The van der Waals surface area contributed by atoms with Gasteiger partial charge in [0.25, 0.3) is 0 Å². The van der Waals surface area contributed by atoms with Gasteiger partial charge in [0.2, 0.25) is 0 Å². The Morgan fingerprint density at radius 2 is 1.67 bits per heavy atom. The van der Waals surface area contributed by atoms with E-state index in [-0.39, 0.29) is 0 Å². The summed E-state index contributed by atoms with van der Waals surface area (Å²) in [7, 11) is 0. The van der Waals surface area contributed by atoms with Crippen molar-refractivity contribution in [2.24, 2.45) is 0 Å². The molecule has 2 rings (SSSR count). The number of halogens is 3. The smallest absolute Gasteiger partial charge is 0.390 e. The van der Waals surface area contributed by atoms with Gasteiger partial charge in [-0.3, -0.25) is 0 Å². The van der Waals surface area contributed by atoms with Crippen molar-refractivity contribution < 1.29 is 18.3 Å². The highest BCUT2D eigenvalue weighted by Gasteiger charge is 2.40. The number of benzene rings is 1.